The van der Waals surface area contributed by atoms with Crippen LogP contribution in [0, 0.1) is 0 Å². The van der Waals surface area contributed by atoms with Gasteiger partial charge >= 0.3 is 0 Å². The zero-order chi connectivity index (χ0) is 14.1. The van der Waals surface area contributed by atoms with Gasteiger partial charge in [0.25, 0.3) is 0 Å². The molecule has 0 aliphatic carbocycles. The first-order valence-electron chi connectivity index (χ1n) is 6.59. The van der Waals surface area contributed by atoms with Gasteiger partial charge in [-0.1, -0.05) is 35.0 Å². The maximum absolute atomic E-state index is 9.68. The van der Waals surface area contributed by atoms with Crippen LogP contribution in [0.1, 0.15) is 18.2 Å². The predicted molar refractivity (Wildman–Crippen MR) is 83.6 cm³/mol. The first-order chi connectivity index (χ1) is 9.72. The summed E-state index contributed by atoms with van der Waals surface area (Å²) in [5.41, 5.74) is 4.80. The van der Waals surface area contributed by atoms with E-state index >= 15 is 0 Å². The van der Waals surface area contributed by atoms with Gasteiger partial charge in [-0.2, -0.15) is 0 Å². The summed E-state index contributed by atoms with van der Waals surface area (Å²) >= 11 is 3.43. The number of aromatic nitrogens is 2. The minimum absolute atomic E-state index is 0.0297. The first kappa shape index (κ1) is 13.3. The topological polar surface area (TPSA) is 37.5 Å². The number of benzene rings is 1. The monoisotopic (exact) mass is 330 g/mol. The lowest BCUT2D eigenvalue weighted by Gasteiger charge is -2.02. The lowest BCUT2D eigenvalue weighted by atomic mass is 10.1. The lowest BCUT2D eigenvalue weighted by molar-refractivity contribution is 0.276. The molecule has 0 aliphatic heterocycles. The normalized spacial score (nSPS) is 11.2. The van der Waals surface area contributed by atoms with Gasteiger partial charge < -0.3 is 9.51 Å². The van der Waals surface area contributed by atoms with E-state index in [2.05, 4.69) is 40.0 Å². The molecule has 0 radical (unpaired) electrons. The van der Waals surface area contributed by atoms with Crippen LogP contribution in [0.2, 0.25) is 0 Å². The maximum Gasteiger partial charge on any atom is 0.138 e. The summed E-state index contributed by atoms with van der Waals surface area (Å²) in [6.07, 6.45) is 2.96. The third kappa shape index (κ3) is 2.25. The van der Waals surface area contributed by atoms with Crippen molar-refractivity contribution in [2.75, 3.05) is 0 Å². The fourth-order valence-electron chi connectivity index (χ4n) is 2.35. The molecule has 0 amide bonds. The highest BCUT2D eigenvalue weighted by molar-refractivity contribution is 9.10. The lowest BCUT2D eigenvalue weighted by Crippen LogP contribution is -1.94. The molecule has 3 aromatic rings. The summed E-state index contributed by atoms with van der Waals surface area (Å²) in [5.74, 6) is 0. The number of rotatable bonds is 3. The number of hydrogen-bond acceptors (Lipinski definition) is 2. The van der Waals surface area contributed by atoms with E-state index in [1.807, 2.05) is 34.9 Å². The molecule has 1 aromatic carbocycles. The van der Waals surface area contributed by atoms with Gasteiger partial charge in [-0.3, -0.25) is 0 Å². The molecule has 102 valence electrons. The summed E-state index contributed by atoms with van der Waals surface area (Å²) in [4.78, 5) is 4.68. The number of nitrogens with zero attached hydrogens (tertiary/aromatic N) is 2. The Labute approximate surface area is 126 Å². The Bertz CT molecular complexity index is 747. The minimum Gasteiger partial charge on any atom is -0.390 e. The van der Waals surface area contributed by atoms with E-state index in [9.17, 15) is 5.11 Å². The van der Waals surface area contributed by atoms with Crippen molar-refractivity contribution in [3.8, 4) is 11.3 Å². The second kappa shape index (κ2) is 5.38. The molecule has 0 spiro atoms. The molecule has 20 heavy (non-hydrogen) atoms. The number of aryl methyl sites for hydroxylation is 1. The molecule has 0 saturated heterocycles. The Kier molecular flexibility index (Phi) is 3.59. The highest BCUT2D eigenvalue weighted by Crippen LogP contribution is 2.26. The highest BCUT2D eigenvalue weighted by Gasteiger charge is 2.13. The van der Waals surface area contributed by atoms with Gasteiger partial charge in [0.1, 0.15) is 5.65 Å². The Hall–Kier alpha value is -1.65. The maximum atomic E-state index is 9.68. The van der Waals surface area contributed by atoms with Gasteiger partial charge in [0.2, 0.25) is 0 Å². The highest BCUT2D eigenvalue weighted by atomic mass is 79.9. The van der Waals surface area contributed by atoms with Gasteiger partial charge in [-0.15, -0.1) is 0 Å². The van der Waals surface area contributed by atoms with Crippen LogP contribution in [0.5, 0.6) is 0 Å². The molecular weight excluding hydrogens is 316 g/mol. The molecule has 4 heteroatoms. The second-order valence-corrected chi connectivity index (χ2v) is 5.60. The van der Waals surface area contributed by atoms with Crippen LogP contribution in [-0.4, -0.2) is 14.5 Å². The van der Waals surface area contributed by atoms with Gasteiger partial charge in [0.05, 0.1) is 18.0 Å². The Morgan fingerprint density at radius 3 is 2.60 bits per heavy atom. The average Bonchev–Trinajstić information content (AvgIpc) is 2.85. The zero-order valence-corrected chi connectivity index (χ0v) is 12.8. The molecule has 0 unspecified atom stereocenters. The van der Waals surface area contributed by atoms with Crippen LogP contribution in [0.3, 0.4) is 0 Å². The molecule has 0 saturated carbocycles. The number of pyridine rings is 1. The van der Waals surface area contributed by atoms with Crippen molar-refractivity contribution in [2.45, 2.75) is 20.0 Å². The number of aliphatic hydroxyl groups excluding tert-OH is 1. The van der Waals surface area contributed by atoms with E-state index in [4.69, 9.17) is 0 Å². The number of fused-ring (bicyclic) bond motifs is 1. The van der Waals surface area contributed by atoms with E-state index in [-0.39, 0.29) is 6.61 Å². The molecule has 0 atom stereocenters. The Morgan fingerprint density at radius 1 is 1.20 bits per heavy atom. The largest absolute Gasteiger partial charge is 0.390 e. The van der Waals surface area contributed by atoms with E-state index in [1.54, 1.807) is 0 Å². The molecule has 0 aliphatic rings. The Balaban J connectivity index is 2.21. The molecule has 3 rings (SSSR count). The molecule has 2 heterocycles. The molecular formula is C16H15BrN2O. The number of aliphatic hydroxyl groups is 1. The summed E-state index contributed by atoms with van der Waals surface area (Å²) in [6, 6.07) is 12.1. The van der Waals surface area contributed by atoms with Gasteiger partial charge in [-0.25, -0.2) is 4.98 Å². The van der Waals surface area contributed by atoms with Crippen molar-refractivity contribution in [1.82, 2.24) is 9.38 Å². The molecule has 3 nitrogen and oxygen atoms in total. The van der Waals surface area contributed by atoms with Crippen LogP contribution in [-0.2, 0) is 13.0 Å². The SMILES string of the molecule is CCc1ccn2c(CO)c(-c3ccc(Br)cc3)nc2c1. The Morgan fingerprint density at radius 2 is 1.95 bits per heavy atom. The van der Waals surface area contributed by atoms with Crippen molar-refractivity contribution < 1.29 is 5.11 Å². The quantitative estimate of drug-likeness (QED) is 0.792. The van der Waals surface area contributed by atoms with E-state index in [0.717, 1.165) is 33.5 Å². The first-order valence-corrected chi connectivity index (χ1v) is 7.39. The molecule has 0 fully saturated rings. The van der Waals surface area contributed by atoms with E-state index < -0.39 is 0 Å². The summed E-state index contributed by atoms with van der Waals surface area (Å²) in [5, 5.41) is 9.68. The van der Waals surface area contributed by atoms with Crippen LogP contribution in [0.15, 0.2) is 47.1 Å². The second-order valence-electron chi connectivity index (χ2n) is 4.69. The van der Waals surface area contributed by atoms with Gasteiger partial charge in [0, 0.05) is 16.2 Å². The summed E-state index contributed by atoms with van der Waals surface area (Å²) in [6.45, 7) is 2.09. The van der Waals surface area contributed by atoms with Crippen molar-refractivity contribution in [3.63, 3.8) is 0 Å². The predicted octanol–water partition coefficient (Wildman–Crippen LogP) is 3.82. The summed E-state index contributed by atoms with van der Waals surface area (Å²) in [7, 11) is 0. The van der Waals surface area contributed by atoms with Crippen molar-refractivity contribution in [2.24, 2.45) is 0 Å². The number of halogens is 1. The molecule has 2 aromatic heterocycles. The van der Waals surface area contributed by atoms with Gasteiger partial charge in [0.15, 0.2) is 0 Å². The van der Waals surface area contributed by atoms with Crippen molar-refractivity contribution >= 4 is 21.6 Å². The molecule has 1 N–H and O–H groups in total. The van der Waals surface area contributed by atoms with Crippen molar-refractivity contribution in [3.05, 3.63) is 58.3 Å². The van der Waals surface area contributed by atoms with Crippen LogP contribution >= 0.6 is 15.9 Å². The fraction of sp³-hybridized carbons (Fsp3) is 0.188. The minimum atomic E-state index is -0.0297. The van der Waals surface area contributed by atoms with Gasteiger partial charge in [-0.05, 0) is 36.2 Å². The van der Waals surface area contributed by atoms with E-state index in [0.29, 0.717) is 0 Å². The van der Waals surface area contributed by atoms with Crippen molar-refractivity contribution in [1.29, 1.82) is 0 Å². The smallest absolute Gasteiger partial charge is 0.138 e. The summed E-state index contributed by atoms with van der Waals surface area (Å²) < 4.78 is 2.99. The van der Waals surface area contributed by atoms with Crippen LogP contribution < -0.4 is 0 Å². The number of hydrogen-bond donors (Lipinski definition) is 1. The fourth-order valence-corrected chi connectivity index (χ4v) is 2.61. The standard InChI is InChI=1S/C16H15BrN2O/c1-2-11-7-8-19-14(10-20)16(18-15(19)9-11)12-3-5-13(17)6-4-12/h3-9,20H,2,10H2,1H3. The average molecular weight is 331 g/mol. The number of imidazole rings is 1. The molecule has 0 bridgehead atoms. The third-order valence-corrected chi connectivity index (χ3v) is 3.99. The third-order valence-electron chi connectivity index (χ3n) is 3.47. The van der Waals surface area contributed by atoms with Crippen LogP contribution in [0.25, 0.3) is 16.9 Å². The van der Waals surface area contributed by atoms with E-state index in [1.165, 1.54) is 5.56 Å². The van der Waals surface area contributed by atoms with Crippen LogP contribution in [0.4, 0.5) is 0 Å². The zero-order valence-electron chi connectivity index (χ0n) is 11.2.